The summed E-state index contributed by atoms with van der Waals surface area (Å²) in [5, 5.41) is 4.50. The highest BCUT2D eigenvalue weighted by Gasteiger charge is 2.14. The number of halogens is 1. The first-order chi connectivity index (χ1) is 10.6. The van der Waals surface area contributed by atoms with Crippen molar-refractivity contribution in [3.63, 3.8) is 0 Å². The highest BCUT2D eigenvalue weighted by Crippen LogP contribution is 2.25. The Labute approximate surface area is 135 Å². The minimum Gasteiger partial charge on any atom is -0.346 e. The van der Waals surface area contributed by atoms with E-state index >= 15 is 0 Å². The van der Waals surface area contributed by atoms with Crippen LogP contribution in [0.5, 0.6) is 0 Å². The number of nitrogens with zero attached hydrogens (tertiary/aromatic N) is 3. The summed E-state index contributed by atoms with van der Waals surface area (Å²) in [5.74, 6) is 0.991. The van der Waals surface area contributed by atoms with Crippen LogP contribution in [0, 0.1) is 0 Å². The van der Waals surface area contributed by atoms with Gasteiger partial charge in [0.05, 0.1) is 5.02 Å². The number of unbranched alkanes of at least 4 members (excludes halogenated alkanes) is 1. The summed E-state index contributed by atoms with van der Waals surface area (Å²) in [5.41, 5.74) is 0.727. The van der Waals surface area contributed by atoms with Crippen molar-refractivity contribution in [1.82, 2.24) is 15.0 Å². The van der Waals surface area contributed by atoms with Gasteiger partial charge in [0.15, 0.2) is 0 Å². The Morgan fingerprint density at radius 1 is 1.36 bits per heavy atom. The van der Waals surface area contributed by atoms with E-state index in [1.807, 2.05) is 25.2 Å². The average Bonchev–Trinajstić information content (AvgIpc) is 2.99. The van der Waals surface area contributed by atoms with Gasteiger partial charge in [-0.05, 0) is 18.6 Å². The Hall–Kier alpha value is -1.88. The number of carbonyl (C=O) groups is 1. The van der Waals surface area contributed by atoms with Crippen LogP contribution in [0.15, 0.2) is 28.8 Å². The first-order valence-electron chi connectivity index (χ1n) is 7.43. The highest BCUT2D eigenvalue weighted by atomic mass is 35.5. The summed E-state index contributed by atoms with van der Waals surface area (Å²) in [6.45, 7) is 2.89. The zero-order valence-electron chi connectivity index (χ0n) is 12.9. The molecule has 118 valence electrons. The molecule has 1 aromatic heterocycles. The number of benzene rings is 1. The summed E-state index contributed by atoms with van der Waals surface area (Å²) in [7, 11) is 1.82. The maximum atomic E-state index is 12.0. The van der Waals surface area contributed by atoms with Crippen LogP contribution >= 0.6 is 11.6 Å². The molecule has 22 heavy (non-hydrogen) atoms. The Kier molecular flexibility index (Phi) is 5.95. The molecule has 0 aliphatic rings. The van der Waals surface area contributed by atoms with Crippen molar-refractivity contribution < 1.29 is 9.32 Å². The SMILES string of the molecule is CCCCN(C)C(=O)CCc1nc(-c2ccccc2Cl)no1. The van der Waals surface area contributed by atoms with Gasteiger partial charge in [0.1, 0.15) is 0 Å². The molecule has 0 saturated carbocycles. The first-order valence-corrected chi connectivity index (χ1v) is 7.81. The quantitative estimate of drug-likeness (QED) is 0.782. The topological polar surface area (TPSA) is 59.2 Å². The van der Waals surface area contributed by atoms with E-state index in [0.29, 0.717) is 29.6 Å². The van der Waals surface area contributed by atoms with Crippen molar-refractivity contribution >= 4 is 17.5 Å². The predicted octanol–water partition coefficient (Wildman–Crippen LogP) is 3.58. The Morgan fingerprint density at radius 3 is 2.86 bits per heavy atom. The number of carbonyl (C=O) groups excluding carboxylic acids is 1. The summed E-state index contributed by atoms with van der Waals surface area (Å²) < 4.78 is 5.19. The molecule has 0 bridgehead atoms. The lowest BCUT2D eigenvalue weighted by atomic mass is 10.2. The summed E-state index contributed by atoms with van der Waals surface area (Å²) in [6.07, 6.45) is 2.89. The number of hydrogen-bond donors (Lipinski definition) is 0. The lowest BCUT2D eigenvalue weighted by Gasteiger charge is -2.15. The number of amides is 1. The van der Waals surface area contributed by atoms with Crippen LogP contribution in [0.1, 0.15) is 32.1 Å². The van der Waals surface area contributed by atoms with Gasteiger partial charge in [0.2, 0.25) is 17.6 Å². The predicted molar refractivity (Wildman–Crippen MR) is 85.6 cm³/mol. The van der Waals surface area contributed by atoms with E-state index in [-0.39, 0.29) is 5.91 Å². The lowest BCUT2D eigenvalue weighted by molar-refractivity contribution is -0.130. The molecule has 2 rings (SSSR count). The molecule has 0 aliphatic heterocycles. The molecule has 1 heterocycles. The molecular weight excluding hydrogens is 302 g/mol. The van der Waals surface area contributed by atoms with E-state index in [1.54, 1.807) is 11.0 Å². The normalized spacial score (nSPS) is 10.7. The summed E-state index contributed by atoms with van der Waals surface area (Å²) >= 11 is 6.10. The Bertz CT molecular complexity index is 627. The van der Waals surface area contributed by atoms with Crippen molar-refractivity contribution in [2.45, 2.75) is 32.6 Å². The van der Waals surface area contributed by atoms with Gasteiger partial charge in [0, 0.05) is 32.0 Å². The van der Waals surface area contributed by atoms with Gasteiger partial charge in [0.25, 0.3) is 0 Å². The van der Waals surface area contributed by atoms with Gasteiger partial charge in [-0.2, -0.15) is 4.98 Å². The summed E-state index contributed by atoms with van der Waals surface area (Å²) in [4.78, 5) is 18.0. The Balaban J connectivity index is 1.93. The fourth-order valence-electron chi connectivity index (χ4n) is 2.03. The molecular formula is C16H20ClN3O2. The monoisotopic (exact) mass is 321 g/mol. The van der Waals surface area contributed by atoms with Crippen molar-refractivity contribution in [3.05, 3.63) is 35.2 Å². The third-order valence-electron chi connectivity index (χ3n) is 3.41. The zero-order chi connectivity index (χ0) is 15.9. The second-order valence-corrected chi connectivity index (χ2v) is 5.57. The molecule has 2 aromatic rings. The van der Waals surface area contributed by atoms with Gasteiger partial charge in [-0.3, -0.25) is 4.79 Å². The number of hydrogen-bond acceptors (Lipinski definition) is 4. The number of rotatable bonds is 7. The molecule has 1 aromatic carbocycles. The third kappa shape index (κ3) is 4.31. The molecule has 0 aliphatic carbocycles. The van der Waals surface area contributed by atoms with Crippen LogP contribution in [0.3, 0.4) is 0 Å². The molecule has 0 atom stereocenters. The summed E-state index contributed by atoms with van der Waals surface area (Å²) in [6, 6.07) is 7.32. The molecule has 0 radical (unpaired) electrons. The minimum atomic E-state index is 0.0888. The zero-order valence-corrected chi connectivity index (χ0v) is 13.6. The Morgan fingerprint density at radius 2 is 2.14 bits per heavy atom. The molecule has 1 amide bonds. The van der Waals surface area contributed by atoms with Gasteiger partial charge >= 0.3 is 0 Å². The molecule has 0 saturated heterocycles. The van der Waals surface area contributed by atoms with E-state index in [9.17, 15) is 4.79 Å². The van der Waals surface area contributed by atoms with Crippen molar-refractivity contribution in [2.75, 3.05) is 13.6 Å². The van der Waals surface area contributed by atoms with Gasteiger partial charge < -0.3 is 9.42 Å². The van der Waals surface area contributed by atoms with Crippen molar-refractivity contribution in [2.24, 2.45) is 0 Å². The molecule has 0 fully saturated rings. The maximum Gasteiger partial charge on any atom is 0.227 e. The van der Waals surface area contributed by atoms with Gasteiger partial charge in [-0.15, -0.1) is 0 Å². The largest absolute Gasteiger partial charge is 0.346 e. The van der Waals surface area contributed by atoms with Crippen LogP contribution in [0.25, 0.3) is 11.4 Å². The third-order valence-corrected chi connectivity index (χ3v) is 3.74. The van der Waals surface area contributed by atoms with Crippen LogP contribution in [0.4, 0.5) is 0 Å². The van der Waals surface area contributed by atoms with Crippen LogP contribution < -0.4 is 0 Å². The highest BCUT2D eigenvalue weighted by molar-refractivity contribution is 6.33. The van der Waals surface area contributed by atoms with E-state index in [2.05, 4.69) is 17.1 Å². The average molecular weight is 322 g/mol. The fraction of sp³-hybridized carbons (Fsp3) is 0.438. The van der Waals surface area contributed by atoms with E-state index < -0.39 is 0 Å². The van der Waals surface area contributed by atoms with Crippen LogP contribution in [-0.2, 0) is 11.2 Å². The smallest absolute Gasteiger partial charge is 0.227 e. The second-order valence-electron chi connectivity index (χ2n) is 5.16. The van der Waals surface area contributed by atoms with Gasteiger partial charge in [-0.25, -0.2) is 0 Å². The molecule has 0 spiro atoms. The maximum absolute atomic E-state index is 12.0. The number of aryl methyl sites for hydroxylation is 1. The van der Waals surface area contributed by atoms with Gasteiger partial charge in [-0.1, -0.05) is 42.2 Å². The van der Waals surface area contributed by atoms with Crippen LogP contribution in [0.2, 0.25) is 5.02 Å². The van der Waals surface area contributed by atoms with Crippen LogP contribution in [-0.4, -0.2) is 34.5 Å². The van der Waals surface area contributed by atoms with Crippen molar-refractivity contribution in [3.8, 4) is 11.4 Å². The minimum absolute atomic E-state index is 0.0888. The molecule has 5 nitrogen and oxygen atoms in total. The van der Waals surface area contributed by atoms with E-state index in [1.165, 1.54) is 0 Å². The molecule has 0 N–H and O–H groups in total. The van der Waals surface area contributed by atoms with E-state index in [4.69, 9.17) is 16.1 Å². The molecule has 6 heteroatoms. The fourth-order valence-corrected chi connectivity index (χ4v) is 2.25. The first kappa shape index (κ1) is 16.5. The van der Waals surface area contributed by atoms with E-state index in [0.717, 1.165) is 24.9 Å². The lowest BCUT2D eigenvalue weighted by Crippen LogP contribution is -2.27. The molecule has 0 unspecified atom stereocenters. The number of aromatic nitrogens is 2. The standard InChI is InChI=1S/C16H20ClN3O2/c1-3-4-11-20(2)15(21)10-9-14-18-16(19-22-14)12-7-5-6-8-13(12)17/h5-8H,3-4,9-11H2,1-2H3. The second kappa shape index (κ2) is 7.94. The van der Waals surface area contributed by atoms with Crippen molar-refractivity contribution in [1.29, 1.82) is 0 Å².